The number of pyridine rings is 4. The average molecular weight is 1270 g/mol. The highest BCUT2D eigenvalue weighted by atomic mass is 79.9. The molecule has 8 aromatic heterocycles. The Morgan fingerprint density at radius 1 is 0.600 bits per heavy atom. The molecule has 462 valence electrons. The molecule has 0 radical (unpaired) electrons. The van der Waals surface area contributed by atoms with Gasteiger partial charge in [-0.3, -0.25) is 68.8 Å². The summed E-state index contributed by atoms with van der Waals surface area (Å²) in [5.41, 5.74) is 11.8. The van der Waals surface area contributed by atoms with Crippen LogP contribution in [0.1, 0.15) is 93.7 Å². The number of H-pyrrole nitrogens is 2. The molecule has 3 aliphatic rings. The van der Waals surface area contributed by atoms with E-state index in [4.69, 9.17) is 52.8 Å². The van der Waals surface area contributed by atoms with E-state index >= 15 is 0 Å². The van der Waals surface area contributed by atoms with Gasteiger partial charge >= 0.3 is 21.8 Å². The van der Waals surface area contributed by atoms with Gasteiger partial charge in [-0.15, -0.1) is 10.1 Å². The van der Waals surface area contributed by atoms with Crippen molar-refractivity contribution in [2.24, 2.45) is 0 Å². The topological polar surface area (TPSA) is 423 Å². The van der Waals surface area contributed by atoms with Crippen LogP contribution in [-0.4, -0.2) is 141 Å². The number of hydrogen-bond acceptors (Lipinski definition) is 20. The summed E-state index contributed by atoms with van der Waals surface area (Å²) in [7, 11) is -4.67. The molecule has 85 heavy (non-hydrogen) atoms. The number of aromatic nitrogens is 12. The maximum atomic E-state index is 11.2. The normalized spacial score (nSPS) is 17.5. The Hall–Kier alpha value is -8.53. The van der Waals surface area contributed by atoms with Crippen LogP contribution in [0.15, 0.2) is 128 Å². The minimum atomic E-state index is -4.67. The number of rotatable bonds is 14. The molecule has 32 heteroatoms. The van der Waals surface area contributed by atoms with E-state index < -0.39 is 25.3 Å². The summed E-state index contributed by atoms with van der Waals surface area (Å²) in [6.07, 6.45) is 20.2. The smallest absolute Gasteiger partial charge is 0.394 e. The van der Waals surface area contributed by atoms with Crippen LogP contribution in [0.5, 0.6) is 0 Å². The van der Waals surface area contributed by atoms with Gasteiger partial charge in [0.15, 0.2) is 11.4 Å². The molecule has 3 aliphatic carbocycles. The molecule has 8 aromatic rings. The van der Waals surface area contributed by atoms with Crippen molar-refractivity contribution in [1.29, 1.82) is 0 Å². The standard InChI is InChI=1S/C14H16N4O3.C14H18N4O.C8H6N4O2.C8H7N3.C6H11BrO.3CH4.HNO3.H2O4S/c1-2-21-11-7-10(8-11)17-9-13(18(19)20)14(16-17)12-5-3-4-6-15-12;1-2-19-11-7-10(8-11)18-9-12(15)14(17-18)13-5-3-4-6-16-13;13-12(14)7-5-10-11-8(7)6-3-1-2-4-9-6;1-2-5-9-7(3-1)8-4-6-10-11-8;1-2-8-6-3-5(7)4-6;;;;2-1(3)4;1-5(2,3)4/h3-6,9-11H,2,7-8H2,1H3;3-6,9-11H,2,7-8,15H2,1H3;1-5H,(H,10,11);1-6H,(H,10,11);5-6H,2-4H2,1H3;3*1H4;(H,2,3,4);(H2,1,2,3,4). The summed E-state index contributed by atoms with van der Waals surface area (Å²) in [5.74, 6) is 0. The van der Waals surface area contributed by atoms with Crippen LogP contribution in [0.4, 0.5) is 17.1 Å². The fourth-order valence-electron chi connectivity index (χ4n) is 7.85. The summed E-state index contributed by atoms with van der Waals surface area (Å²) < 4.78 is 51.6. The Balaban J connectivity index is 0.000000356. The highest BCUT2D eigenvalue weighted by molar-refractivity contribution is 9.09. The molecule has 0 unspecified atom stereocenters. The third-order valence-corrected chi connectivity index (χ3v) is 12.5. The van der Waals surface area contributed by atoms with Crippen molar-refractivity contribution >= 4 is 43.4 Å². The van der Waals surface area contributed by atoms with Crippen LogP contribution in [0.25, 0.3) is 45.6 Å². The largest absolute Gasteiger partial charge is 0.396 e. The molecule has 0 bridgehead atoms. The van der Waals surface area contributed by atoms with Gasteiger partial charge in [-0.25, -0.2) is 0 Å². The summed E-state index contributed by atoms with van der Waals surface area (Å²) in [6.45, 7) is 8.36. The molecule has 3 saturated carbocycles. The van der Waals surface area contributed by atoms with E-state index in [0.717, 1.165) is 66.5 Å². The van der Waals surface area contributed by atoms with Crippen molar-refractivity contribution in [2.45, 2.75) is 117 Å². The second-order valence-electron chi connectivity index (χ2n) is 17.5. The van der Waals surface area contributed by atoms with Gasteiger partial charge in [0.25, 0.3) is 5.09 Å². The lowest BCUT2D eigenvalue weighted by Gasteiger charge is -2.34. The molecule has 0 saturated heterocycles. The molecule has 0 amide bonds. The number of anilines is 1. The van der Waals surface area contributed by atoms with E-state index in [1.165, 1.54) is 25.2 Å². The number of ether oxygens (including phenoxy) is 3. The van der Waals surface area contributed by atoms with E-state index in [1.807, 2.05) is 74.1 Å². The number of nitro groups is 2. The van der Waals surface area contributed by atoms with E-state index in [-0.39, 0.29) is 45.8 Å². The first-order valence-electron chi connectivity index (χ1n) is 25.2. The zero-order valence-electron chi connectivity index (χ0n) is 44.5. The molecule has 8 heterocycles. The number of nitrogen functional groups attached to an aromatic ring is 1. The Labute approximate surface area is 499 Å². The Morgan fingerprint density at radius 2 is 1.00 bits per heavy atom. The molecule has 11 rings (SSSR count). The lowest BCUT2D eigenvalue weighted by Crippen LogP contribution is -2.33. The van der Waals surface area contributed by atoms with E-state index in [2.05, 4.69) is 66.5 Å². The number of nitrogens with two attached hydrogens (primary N) is 1. The first-order valence-corrected chi connectivity index (χ1v) is 27.5. The summed E-state index contributed by atoms with van der Waals surface area (Å²) in [4.78, 5) is 46.5. The quantitative estimate of drug-likeness (QED) is 0.0255. The Bertz CT molecular complexity index is 3250. The van der Waals surface area contributed by atoms with Gasteiger partial charge in [-0.1, -0.05) is 62.5 Å². The summed E-state index contributed by atoms with van der Waals surface area (Å²) >= 11 is 3.49. The lowest BCUT2D eigenvalue weighted by molar-refractivity contribution is -0.742. The number of nitrogens with zero attached hydrogens (tertiary/aromatic N) is 13. The Morgan fingerprint density at radius 3 is 1.39 bits per heavy atom. The van der Waals surface area contributed by atoms with E-state index in [0.29, 0.717) is 53.3 Å². The predicted octanol–water partition coefficient (Wildman–Crippen LogP) is 10.6. The van der Waals surface area contributed by atoms with Gasteiger partial charge in [0, 0.05) is 61.8 Å². The molecule has 0 aromatic carbocycles. The molecular formula is C53H73BrN16O14S. The summed E-state index contributed by atoms with van der Waals surface area (Å²) in [6, 6.07) is 24.4. The highest BCUT2D eigenvalue weighted by Gasteiger charge is 2.35. The molecule has 7 N–H and O–H groups in total. The molecule has 0 atom stereocenters. The minimum absolute atomic E-state index is 0. The molecule has 3 fully saturated rings. The van der Waals surface area contributed by atoms with Crippen LogP contribution >= 0.6 is 15.9 Å². The van der Waals surface area contributed by atoms with Crippen molar-refractivity contribution in [3.05, 3.63) is 159 Å². The first-order chi connectivity index (χ1) is 39.3. The van der Waals surface area contributed by atoms with Crippen LogP contribution in [0.2, 0.25) is 0 Å². The van der Waals surface area contributed by atoms with E-state index in [9.17, 15) is 20.2 Å². The molecule has 30 nitrogen and oxygen atoms in total. The average Bonchev–Trinajstić information content (AvgIpc) is 3.03. The maximum Gasteiger partial charge on any atom is 0.394 e. The van der Waals surface area contributed by atoms with Crippen LogP contribution < -0.4 is 5.73 Å². The second-order valence-corrected chi connectivity index (χ2v) is 19.7. The number of halogens is 1. The zero-order chi connectivity index (χ0) is 59.6. The van der Waals surface area contributed by atoms with Gasteiger partial charge in [-0.05, 0) is 114 Å². The van der Waals surface area contributed by atoms with Gasteiger partial charge in [-0.2, -0.15) is 28.8 Å². The second kappa shape index (κ2) is 36.9. The fourth-order valence-corrected chi connectivity index (χ4v) is 8.68. The molecule has 0 spiro atoms. The van der Waals surface area contributed by atoms with E-state index in [1.54, 1.807) is 72.1 Å². The van der Waals surface area contributed by atoms with Gasteiger partial charge < -0.3 is 25.2 Å². The SMILES string of the molecule is C.C.C.CCOC1CC(Br)C1.CCOC1CC(n2cc(N)c(-c3ccccn3)n2)C1.CCOC1CC(n2cc([N+](=O)[O-])c(-c3ccccn3)n2)C1.O=S(=O)(O)O.O=[N+]([O-])O.O=[N+]([O-])c1cn[nH]c1-c1ccccn1.c1ccc(-c2ccn[nH]2)nc1. The predicted molar refractivity (Wildman–Crippen MR) is 320 cm³/mol. The van der Waals surface area contributed by atoms with Crippen molar-refractivity contribution in [3.63, 3.8) is 0 Å². The monoisotopic (exact) mass is 1270 g/mol. The highest BCUT2D eigenvalue weighted by Crippen LogP contribution is 2.38. The van der Waals surface area contributed by atoms with Crippen molar-refractivity contribution in [1.82, 2.24) is 59.9 Å². The number of nitrogens with one attached hydrogen (secondary N) is 2. The first kappa shape index (κ1) is 72.6. The number of aromatic amines is 2. The van der Waals surface area contributed by atoms with Crippen molar-refractivity contribution < 1.29 is 51.9 Å². The molecule has 0 aliphatic heterocycles. The van der Waals surface area contributed by atoms with Crippen LogP contribution in [0.3, 0.4) is 0 Å². The third-order valence-electron chi connectivity index (χ3n) is 11.8. The van der Waals surface area contributed by atoms with Crippen LogP contribution in [0, 0.1) is 30.3 Å². The number of hydrogen-bond donors (Lipinski definition) is 6. The van der Waals surface area contributed by atoms with Crippen molar-refractivity contribution in [3.8, 4) is 45.6 Å². The summed E-state index contributed by atoms with van der Waals surface area (Å²) in [5, 5.41) is 57.2. The maximum absolute atomic E-state index is 11.2. The van der Waals surface area contributed by atoms with Crippen LogP contribution in [-0.2, 0) is 24.6 Å². The van der Waals surface area contributed by atoms with Gasteiger partial charge in [0.2, 0.25) is 0 Å². The zero-order valence-corrected chi connectivity index (χ0v) is 46.9. The fraction of sp³-hybridized carbons (Fsp3) is 0.396. The lowest BCUT2D eigenvalue weighted by atomic mass is 9.89. The van der Waals surface area contributed by atoms with Crippen molar-refractivity contribution in [2.75, 3.05) is 25.6 Å². The van der Waals surface area contributed by atoms with Gasteiger partial charge in [0.1, 0.15) is 18.1 Å². The third kappa shape index (κ3) is 24.3. The van der Waals surface area contributed by atoms with Gasteiger partial charge in [0.05, 0.1) is 74.4 Å². The Kier molecular flexibility index (Phi) is 31.5. The minimum Gasteiger partial charge on any atom is -0.396 e. The number of alkyl halides is 1. The molecular weight excluding hydrogens is 1200 g/mol.